The van der Waals surface area contributed by atoms with Gasteiger partial charge in [0, 0.05) is 12.8 Å². The van der Waals surface area contributed by atoms with E-state index < -0.39 is 6.10 Å². The van der Waals surface area contributed by atoms with Gasteiger partial charge >= 0.3 is 0 Å². The zero-order valence-corrected chi connectivity index (χ0v) is 8.73. The van der Waals surface area contributed by atoms with Gasteiger partial charge in [-0.05, 0) is 11.1 Å². The summed E-state index contributed by atoms with van der Waals surface area (Å²) in [6, 6.07) is 7.62. The van der Waals surface area contributed by atoms with Crippen molar-refractivity contribution in [3.8, 4) is 0 Å². The van der Waals surface area contributed by atoms with Crippen LogP contribution >= 0.6 is 0 Å². The van der Waals surface area contributed by atoms with Crippen LogP contribution in [0.3, 0.4) is 0 Å². The number of aliphatic hydroxyl groups excluding tert-OH is 1. The fourth-order valence-electron chi connectivity index (χ4n) is 2.02. The lowest BCUT2D eigenvalue weighted by molar-refractivity contribution is -0.122. The van der Waals surface area contributed by atoms with Crippen molar-refractivity contribution in [2.45, 2.75) is 31.9 Å². The topological polar surface area (TPSA) is 49.3 Å². The molecule has 3 nitrogen and oxygen atoms in total. The van der Waals surface area contributed by atoms with Crippen molar-refractivity contribution in [1.29, 1.82) is 0 Å². The lowest BCUT2D eigenvalue weighted by Crippen LogP contribution is -2.33. The highest BCUT2D eigenvalue weighted by Crippen LogP contribution is 2.31. The number of rotatable bonds is 2. The van der Waals surface area contributed by atoms with Gasteiger partial charge in [-0.2, -0.15) is 0 Å². The van der Waals surface area contributed by atoms with E-state index in [1.54, 1.807) is 0 Å². The Morgan fingerprint density at radius 2 is 2.27 bits per heavy atom. The quantitative estimate of drug-likeness (QED) is 0.761. The second kappa shape index (κ2) is 4.03. The number of aliphatic hydroxyl groups is 1. The van der Waals surface area contributed by atoms with E-state index in [2.05, 4.69) is 5.32 Å². The SMILES string of the molecule is CCC(=O)N[C@@H]1c2ccccc2CC1O. The van der Waals surface area contributed by atoms with Gasteiger partial charge in [0.05, 0.1) is 12.1 Å². The molecule has 0 heterocycles. The van der Waals surface area contributed by atoms with Crippen LogP contribution in [0.1, 0.15) is 30.5 Å². The summed E-state index contributed by atoms with van der Waals surface area (Å²) in [7, 11) is 0. The van der Waals surface area contributed by atoms with E-state index in [1.807, 2.05) is 31.2 Å². The molecule has 2 rings (SSSR count). The molecular formula is C12H15NO2. The predicted octanol–water partition coefficient (Wildman–Crippen LogP) is 1.17. The van der Waals surface area contributed by atoms with Crippen LogP contribution in [0.5, 0.6) is 0 Å². The van der Waals surface area contributed by atoms with Crippen LogP contribution in [0.25, 0.3) is 0 Å². The summed E-state index contributed by atoms with van der Waals surface area (Å²) in [5.41, 5.74) is 2.18. The van der Waals surface area contributed by atoms with Gasteiger partial charge in [0.1, 0.15) is 0 Å². The molecule has 0 spiro atoms. The first-order valence-corrected chi connectivity index (χ1v) is 5.27. The molecule has 1 aliphatic rings. The predicted molar refractivity (Wildman–Crippen MR) is 57.3 cm³/mol. The smallest absolute Gasteiger partial charge is 0.220 e. The van der Waals surface area contributed by atoms with Crippen molar-refractivity contribution in [3.63, 3.8) is 0 Å². The van der Waals surface area contributed by atoms with Crippen LogP contribution in [-0.4, -0.2) is 17.1 Å². The minimum Gasteiger partial charge on any atom is -0.390 e. The van der Waals surface area contributed by atoms with Crippen molar-refractivity contribution in [3.05, 3.63) is 35.4 Å². The van der Waals surface area contributed by atoms with Gasteiger partial charge in [-0.25, -0.2) is 0 Å². The molecule has 3 heteroatoms. The highest BCUT2D eigenvalue weighted by molar-refractivity contribution is 5.76. The number of hydrogen-bond acceptors (Lipinski definition) is 2. The largest absolute Gasteiger partial charge is 0.390 e. The number of hydrogen-bond donors (Lipinski definition) is 2. The van der Waals surface area contributed by atoms with Crippen molar-refractivity contribution in [2.24, 2.45) is 0 Å². The molecule has 0 radical (unpaired) electrons. The first-order chi connectivity index (χ1) is 7.22. The number of nitrogens with one attached hydrogen (secondary N) is 1. The third-order valence-electron chi connectivity index (χ3n) is 2.84. The van der Waals surface area contributed by atoms with E-state index in [9.17, 15) is 9.90 Å². The highest BCUT2D eigenvalue weighted by atomic mass is 16.3. The summed E-state index contributed by atoms with van der Waals surface area (Å²) >= 11 is 0. The first-order valence-electron chi connectivity index (χ1n) is 5.27. The van der Waals surface area contributed by atoms with Crippen LogP contribution < -0.4 is 5.32 Å². The Kier molecular flexibility index (Phi) is 2.73. The number of fused-ring (bicyclic) bond motifs is 1. The molecule has 1 aliphatic carbocycles. The minimum absolute atomic E-state index is 0.0178. The molecule has 1 amide bonds. The Labute approximate surface area is 89.1 Å². The fourth-order valence-corrected chi connectivity index (χ4v) is 2.02. The maximum Gasteiger partial charge on any atom is 0.220 e. The Balaban J connectivity index is 2.22. The van der Waals surface area contributed by atoms with E-state index in [0.717, 1.165) is 11.1 Å². The van der Waals surface area contributed by atoms with E-state index in [1.165, 1.54) is 0 Å². The number of carbonyl (C=O) groups excluding carboxylic acids is 1. The molecule has 0 fully saturated rings. The molecule has 1 unspecified atom stereocenters. The maximum absolute atomic E-state index is 11.3. The summed E-state index contributed by atoms with van der Waals surface area (Å²) in [4.78, 5) is 11.3. The van der Waals surface area contributed by atoms with Gasteiger partial charge < -0.3 is 10.4 Å². The van der Waals surface area contributed by atoms with Crippen molar-refractivity contribution >= 4 is 5.91 Å². The Morgan fingerprint density at radius 3 is 3.00 bits per heavy atom. The lowest BCUT2D eigenvalue weighted by Gasteiger charge is -2.17. The average molecular weight is 205 g/mol. The third-order valence-corrected chi connectivity index (χ3v) is 2.84. The zero-order chi connectivity index (χ0) is 10.8. The highest BCUT2D eigenvalue weighted by Gasteiger charge is 2.31. The summed E-state index contributed by atoms with van der Waals surface area (Å²) < 4.78 is 0. The monoisotopic (exact) mass is 205 g/mol. The zero-order valence-electron chi connectivity index (χ0n) is 8.73. The summed E-state index contributed by atoms with van der Waals surface area (Å²) in [6.45, 7) is 1.81. The number of carbonyl (C=O) groups is 1. The standard InChI is InChI=1S/C12H15NO2/c1-2-11(15)13-12-9-6-4-3-5-8(9)7-10(12)14/h3-6,10,12,14H,2,7H2,1H3,(H,13,15)/t10?,12-/m1/s1. The normalized spacial score (nSPS) is 23.6. The van der Waals surface area contributed by atoms with Crippen molar-refractivity contribution in [1.82, 2.24) is 5.32 Å². The van der Waals surface area contributed by atoms with E-state index in [-0.39, 0.29) is 11.9 Å². The molecule has 0 saturated carbocycles. The van der Waals surface area contributed by atoms with Crippen molar-refractivity contribution in [2.75, 3.05) is 0 Å². The molecule has 0 bridgehead atoms. The van der Waals surface area contributed by atoms with E-state index in [4.69, 9.17) is 0 Å². The molecule has 0 saturated heterocycles. The molecule has 2 N–H and O–H groups in total. The van der Waals surface area contributed by atoms with Gasteiger partial charge in [0.25, 0.3) is 0 Å². The number of benzene rings is 1. The Hall–Kier alpha value is -1.35. The third kappa shape index (κ3) is 1.88. The molecule has 80 valence electrons. The van der Waals surface area contributed by atoms with Crippen LogP contribution in [-0.2, 0) is 11.2 Å². The maximum atomic E-state index is 11.3. The molecule has 0 aliphatic heterocycles. The number of amides is 1. The Bertz CT molecular complexity index is 376. The molecule has 1 aromatic carbocycles. The van der Waals surface area contributed by atoms with E-state index in [0.29, 0.717) is 12.8 Å². The summed E-state index contributed by atoms with van der Waals surface area (Å²) in [5.74, 6) is -0.0178. The molecular weight excluding hydrogens is 190 g/mol. The second-order valence-electron chi connectivity index (χ2n) is 3.87. The van der Waals surface area contributed by atoms with Crippen LogP contribution in [0, 0.1) is 0 Å². The first kappa shape index (κ1) is 10.2. The van der Waals surface area contributed by atoms with Gasteiger partial charge in [0.2, 0.25) is 5.91 Å². The molecule has 0 aromatic heterocycles. The fraction of sp³-hybridized carbons (Fsp3) is 0.417. The van der Waals surface area contributed by atoms with Gasteiger partial charge in [-0.15, -0.1) is 0 Å². The molecule has 15 heavy (non-hydrogen) atoms. The Morgan fingerprint density at radius 1 is 1.53 bits per heavy atom. The van der Waals surface area contributed by atoms with E-state index >= 15 is 0 Å². The molecule has 1 aromatic rings. The van der Waals surface area contributed by atoms with Gasteiger partial charge in [0.15, 0.2) is 0 Å². The lowest BCUT2D eigenvalue weighted by atomic mass is 10.1. The second-order valence-corrected chi connectivity index (χ2v) is 3.87. The van der Waals surface area contributed by atoms with Crippen molar-refractivity contribution < 1.29 is 9.90 Å². The summed E-state index contributed by atoms with van der Waals surface area (Å²) in [6.07, 6.45) is 0.592. The average Bonchev–Trinajstić information content (AvgIpc) is 2.55. The van der Waals surface area contributed by atoms with Crippen LogP contribution in [0.15, 0.2) is 24.3 Å². The molecule has 2 atom stereocenters. The van der Waals surface area contributed by atoms with Crippen LogP contribution in [0.2, 0.25) is 0 Å². The van der Waals surface area contributed by atoms with Gasteiger partial charge in [-0.3, -0.25) is 4.79 Å². The summed E-state index contributed by atoms with van der Waals surface area (Å²) in [5, 5.41) is 12.7. The van der Waals surface area contributed by atoms with Gasteiger partial charge in [-0.1, -0.05) is 31.2 Å². The minimum atomic E-state index is -0.488. The van der Waals surface area contributed by atoms with Crippen LogP contribution in [0.4, 0.5) is 0 Å².